The van der Waals surface area contributed by atoms with Crippen molar-refractivity contribution in [3.63, 3.8) is 0 Å². The number of benzene rings is 5. The van der Waals surface area contributed by atoms with Crippen LogP contribution in [-0.2, 0) is 0 Å². The van der Waals surface area contributed by atoms with E-state index in [9.17, 15) is 0 Å². The van der Waals surface area contributed by atoms with Gasteiger partial charge in [0.1, 0.15) is 0 Å². The quantitative estimate of drug-likeness (QED) is 0.156. The van der Waals surface area contributed by atoms with E-state index < -0.39 is 0 Å². The average Bonchev–Trinajstić information content (AvgIpc) is 2.79. The van der Waals surface area contributed by atoms with Crippen LogP contribution in [0.15, 0.2) is 102 Å². The van der Waals surface area contributed by atoms with Gasteiger partial charge in [0.25, 0.3) is 0 Å². The minimum atomic E-state index is 0.451. The molecule has 0 spiro atoms. The van der Waals surface area contributed by atoms with Crippen molar-refractivity contribution in [2.75, 3.05) is 5.32 Å². The van der Waals surface area contributed by atoms with Crippen molar-refractivity contribution in [3.8, 4) is 0 Å². The predicted octanol–water partition coefficient (Wildman–Crippen LogP) is 6.47. The fourth-order valence-electron chi connectivity index (χ4n) is 3.83. The average molecular weight is 406 g/mol. The van der Waals surface area contributed by atoms with E-state index in [4.69, 9.17) is 12.2 Å². The molecule has 0 fully saturated rings. The third-order valence-corrected chi connectivity index (χ3v) is 5.40. The van der Waals surface area contributed by atoms with Gasteiger partial charge in [-0.1, -0.05) is 84.9 Å². The Kier molecular flexibility index (Phi) is 4.83. The van der Waals surface area contributed by atoms with Gasteiger partial charge in [0.05, 0.1) is 6.21 Å². The molecule has 0 heterocycles. The lowest BCUT2D eigenvalue weighted by atomic mass is 9.97. The van der Waals surface area contributed by atoms with Crippen molar-refractivity contribution in [2.45, 2.75) is 0 Å². The molecule has 0 aliphatic heterocycles. The molecule has 0 atom stereocenters. The van der Waals surface area contributed by atoms with E-state index >= 15 is 0 Å². The Morgan fingerprint density at radius 3 is 1.93 bits per heavy atom. The third-order valence-electron chi connectivity index (χ3n) is 5.21. The van der Waals surface area contributed by atoms with Crippen molar-refractivity contribution in [1.29, 1.82) is 0 Å². The zero-order valence-corrected chi connectivity index (χ0v) is 17.0. The topological polar surface area (TPSA) is 36.4 Å². The Balaban J connectivity index is 1.43. The second-order valence-electron chi connectivity index (χ2n) is 7.08. The lowest BCUT2D eigenvalue weighted by molar-refractivity contribution is 1.05. The van der Waals surface area contributed by atoms with Crippen LogP contribution in [0.1, 0.15) is 5.56 Å². The Hall–Kier alpha value is -3.76. The summed E-state index contributed by atoms with van der Waals surface area (Å²) in [5.74, 6) is 0. The standard InChI is InChI=1S/C26H19N3S/c30-26(28-25-15-7-11-18-8-1-6-14-23(18)25)29-27-17-24-21-12-4-2-9-19(21)16-20-10-3-5-13-22(20)24/h1-17H,(H2,28,29,30)/b27-17-. The highest BCUT2D eigenvalue weighted by Gasteiger charge is 2.06. The number of rotatable bonds is 3. The van der Waals surface area contributed by atoms with Gasteiger partial charge in [0, 0.05) is 16.6 Å². The number of nitrogens with one attached hydrogen (secondary N) is 2. The van der Waals surface area contributed by atoms with Crippen LogP contribution in [0.3, 0.4) is 0 Å². The molecular weight excluding hydrogens is 386 g/mol. The molecule has 5 rings (SSSR count). The largest absolute Gasteiger partial charge is 0.331 e. The van der Waals surface area contributed by atoms with Crippen LogP contribution >= 0.6 is 12.2 Å². The fraction of sp³-hybridized carbons (Fsp3) is 0. The van der Waals surface area contributed by atoms with Gasteiger partial charge in [0.2, 0.25) is 0 Å². The Morgan fingerprint density at radius 1 is 0.667 bits per heavy atom. The normalized spacial score (nSPS) is 11.3. The van der Waals surface area contributed by atoms with Gasteiger partial charge in [-0.05, 0) is 51.3 Å². The highest BCUT2D eigenvalue weighted by molar-refractivity contribution is 7.80. The number of hydrogen-bond donors (Lipinski definition) is 2. The highest BCUT2D eigenvalue weighted by atomic mass is 32.1. The minimum absolute atomic E-state index is 0.451. The number of fused-ring (bicyclic) bond motifs is 3. The molecular formula is C26H19N3S. The van der Waals surface area contributed by atoms with Crippen LogP contribution in [0, 0.1) is 0 Å². The molecule has 0 saturated heterocycles. The molecule has 5 aromatic rings. The summed E-state index contributed by atoms with van der Waals surface area (Å²) < 4.78 is 0. The molecule has 0 aromatic heterocycles. The van der Waals surface area contributed by atoms with Crippen LogP contribution < -0.4 is 10.7 Å². The molecule has 2 N–H and O–H groups in total. The summed E-state index contributed by atoms with van der Waals surface area (Å²) in [5.41, 5.74) is 4.99. The van der Waals surface area contributed by atoms with Gasteiger partial charge in [-0.15, -0.1) is 0 Å². The maximum atomic E-state index is 5.47. The maximum Gasteiger partial charge on any atom is 0.191 e. The minimum Gasteiger partial charge on any atom is -0.331 e. The summed E-state index contributed by atoms with van der Waals surface area (Å²) in [6.45, 7) is 0. The van der Waals surface area contributed by atoms with Crippen LogP contribution in [0.5, 0.6) is 0 Å². The van der Waals surface area contributed by atoms with Crippen molar-refractivity contribution in [1.82, 2.24) is 5.43 Å². The molecule has 0 bridgehead atoms. The molecule has 0 unspecified atom stereocenters. The first-order valence-corrected chi connectivity index (χ1v) is 10.2. The van der Waals surface area contributed by atoms with E-state index in [0.29, 0.717) is 5.11 Å². The molecule has 5 aromatic carbocycles. The molecule has 0 saturated carbocycles. The van der Waals surface area contributed by atoms with E-state index in [1.807, 2.05) is 30.5 Å². The molecule has 0 aliphatic rings. The van der Waals surface area contributed by atoms with Crippen LogP contribution in [0.4, 0.5) is 5.69 Å². The zero-order valence-electron chi connectivity index (χ0n) is 16.2. The summed E-state index contributed by atoms with van der Waals surface area (Å²) in [7, 11) is 0. The SMILES string of the molecule is S=C(N/N=C\c1c2ccccc2cc2ccccc12)Nc1cccc2ccccc12. The maximum absolute atomic E-state index is 5.47. The van der Waals surface area contributed by atoms with Crippen LogP contribution in [0.25, 0.3) is 32.3 Å². The van der Waals surface area contributed by atoms with Gasteiger partial charge < -0.3 is 5.32 Å². The van der Waals surface area contributed by atoms with Crippen LogP contribution in [0.2, 0.25) is 0 Å². The molecule has 0 aliphatic carbocycles. The van der Waals surface area contributed by atoms with Crippen molar-refractivity contribution in [2.24, 2.45) is 5.10 Å². The molecule has 144 valence electrons. The van der Waals surface area contributed by atoms with E-state index in [1.165, 1.54) is 10.8 Å². The second kappa shape index (κ2) is 7.93. The lowest BCUT2D eigenvalue weighted by Gasteiger charge is -2.11. The summed E-state index contributed by atoms with van der Waals surface area (Å²) in [6.07, 6.45) is 1.85. The first-order valence-electron chi connectivity index (χ1n) is 9.78. The van der Waals surface area contributed by atoms with E-state index in [1.54, 1.807) is 0 Å². The summed E-state index contributed by atoms with van der Waals surface area (Å²) in [4.78, 5) is 0. The summed E-state index contributed by atoms with van der Waals surface area (Å²) in [6, 6.07) is 33.2. The molecule has 4 heteroatoms. The van der Waals surface area contributed by atoms with E-state index in [-0.39, 0.29) is 0 Å². The van der Waals surface area contributed by atoms with Crippen molar-refractivity contribution >= 4 is 61.5 Å². The highest BCUT2D eigenvalue weighted by Crippen LogP contribution is 2.27. The van der Waals surface area contributed by atoms with Crippen molar-refractivity contribution in [3.05, 3.63) is 103 Å². The number of anilines is 1. The smallest absolute Gasteiger partial charge is 0.191 e. The monoisotopic (exact) mass is 405 g/mol. The van der Waals surface area contributed by atoms with Gasteiger partial charge in [-0.3, -0.25) is 5.43 Å². The van der Waals surface area contributed by atoms with Crippen molar-refractivity contribution < 1.29 is 0 Å². The number of nitrogens with zero attached hydrogens (tertiary/aromatic N) is 1. The number of thiocarbonyl (C=S) groups is 1. The third kappa shape index (κ3) is 3.49. The van der Waals surface area contributed by atoms with Gasteiger partial charge in [-0.25, -0.2) is 0 Å². The summed E-state index contributed by atoms with van der Waals surface area (Å²) >= 11 is 5.47. The lowest BCUT2D eigenvalue weighted by Crippen LogP contribution is -2.24. The Labute approximate surface area is 180 Å². The zero-order chi connectivity index (χ0) is 20.3. The molecule has 0 amide bonds. The van der Waals surface area contributed by atoms with E-state index in [2.05, 4.69) is 88.6 Å². The fourth-order valence-corrected chi connectivity index (χ4v) is 3.99. The summed E-state index contributed by atoms with van der Waals surface area (Å²) in [5, 5.41) is 15.1. The van der Waals surface area contributed by atoms with Gasteiger partial charge in [-0.2, -0.15) is 5.10 Å². The van der Waals surface area contributed by atoms with Crippen LogP contribution in [-0.4, -0.2) is 11.3 Å². The van der Waals surface area contributed by atoms with Gasteiger partial charge >= 0.3 is 0 Å². The second-order valence-corrected chi connectivity index (χ2v) is 7.49. The predicted molar refractivity (Wildman–Crippen MR) is 132 cm³/mol. The molecule has 3 nitrogen and oxygen atoms in total. The first-order chi connectivity index (χ1) is 14.8. The Morgan fingerprint density at radius 2 is 1.23 bits per heavy atom. The number of hydrogen-bond acceptors (Lipinski definition) is 2. The molecule has 30 heavy (non-hydrogen) atoms. The first kappa shape index (κ1) is 18.3. The Bertz CT molecular complexity index is 1360. The van der Waals surface area contributed by atoms with E-state index in [0.717, 1.165) is 32.8 Å². The molecule has 0 radical (unpaired) electrons. The van der Waals surface area contributed by atoms with Gasteiger partial charge in [0.15, 0.2) is 5.11 Å². The number of hydrazone groups is 1.